The van der Waals surface area contributed by atoms with Gasteiger partial charge in [-0.25, -0.2) is 0 Å². The third kappa shape index (κ3) is 2.76. The fourth-order valence-electron chi connectivity index (χ4n) is 1.78. The van der Waals surface area contributed by atoms with E-state index in [-0.39, 0.29) is 5.91 Å². The maximum atomic E-state index is 11.9. The molecule has 20 heavy (non-hydrogen) atoms. The second kappa shape index (κ2) is 5.94. The van der Waals surface area contributed by atoms with Crippen molar-refractivity contribution in [2.45, 2.75) is 6.54 Å². The molecule has 0 saturated heterocycles. The molecule has 0 aliphatic heterocycles. The largest absolute Gasteiger partial charge is 0.346 e. The molecule has 0 aliphatic carbocycles. The van der Waals surface area contributed by atoms with Crippen molar-refractivity contribution in [2.75, 3.05) is 0 Å². The summed E-state index contributed by atoms with van der Waals surface area (Å²) in [5.74, 6) is -0.0889. The second-order valence-corrected chi connectivity index (χ2v) is 5.75. The smallest absolute Gasteiger partial charge is 0.252 e. The fraction of sp³-hybridized carbons (Fsp3) is 0.0714. The number of hydrogen-bond donors (Lipinski definition) is 1. The molecule has 4 nitrogen and oxygen atoms in total. The summed E-state index contributed by atoms with van der Waals surface area (Å²) in [5.41, 5.74) is 2.28. The van der Waals surface area contributed by atoms with E-state index in [2.05, 4.69) is 15.3 Å². The molecule has 3 rings (SSSR count). The van der Waals surface area contributed by atoms with Gasteiger partial charge < -0.3 is 5.32 Å². The van der Waals surface area contributed by atoms with Crippen molar-refractivity contribution in [3.8, 4) is 10.6 Å². The molecule has 0 saturated carbocycles. The molecular weight excluding hydrogens is 290 g/mol. The van der Waals surface area contributed by atoms with Crippen LogP contribution < -0.4 is 5.32 Å². The Balaban J connectivity index is 1.77. The molecule has 0 unspecified atom stereocenters. The minimum Gasteiger partial charge on any atom is -0.346 e. The first-order valence-electron chi connectivity index (χ1n) is 5.99. The van der Waals surface area contributed by atoms with Gasteiger partial charge in [0.25, 0.3) is 5.91 Å². The minimum atomic E-state index is -0.0889. The summed E-state index contributed by atoms with van der Waals surface area (Å²) in [6.07, 6.45) is 3.31. The van der Waals surface area contributed by atoms with Gasteiger partial charge in [-0.2, -0.15) is 11.3 Å². The quantitative estimate of drug-likeness (QED) is 0.805. The van der Waals surface area contributed by atoms with Gasteiger partial charge in [-0.3, -0.25) is 14.8 Å². The van der Waals surface area contributed by atoms with Crippen molar-refractivity contribution in [2.24, 2.45) is 0 Å². The SMILES string of the molecule is O=C(NCc1nccnc1-c1cccs1)c1ccsc1. The highest BCUT2D eigenvalue weighted by Crippen LogP contribution is 2.24. The number of amides is 1. The lowest BCUT2D eigenvalue weighted by atomic mass is 10.2. The van der Waals surface area contributed by atoms with Gasteiger partial charge in [0.2, 0.25) is 0 Å². The Morgan fingerprint density at radius 3 is 2.85 bits per heavy atom. The van der Waals surface area contributed by atoms with E-state index >= 15 is 0 Å². The minimum absolute atomic E-state index is 0.0889. The highest BCUT2D eigenvalue weighted by molar-refractivity contribution is 7.13. The Kier molecular flexibility index (Phi) is 3.85. The molecule has 0 fully saturated rings. The van der Waals surface area contributed by atoms with E-state index in [1.165, 1.54) is 11.3 Å². The van der Waals surface area contributed by atoms with Crippen LogP contribution in [0.3, 0.4) is 0 Å². The second-order valence-electron chi connectivity index (χ2n) is 4.02. The third-order valence-electron chi connectivity index (χ3n) is 2.73. The monoisotopic (exact) mass is 301 g/mol. The molecule has 1 N–H and O–H groups in total. The van der Waals surface area contributed by atoms with Gasteiger partial charge in [0, 0.05) is 23.3 Å². The Morgan fingerprint density at radius 2 is 2.10 bits per heavy atom. The van der Waals surface area contributed by atoms with Crippen molar-refractivity contribution < 1.29 is 4.79 Å². The number of thiophene rings is 2. The van der Waals surface area contributed by atoms with Gasteiger partial charge in [-0.1, -0.05) is 6.07 Å². The zero-order valence-corrected chi connectivity index (χ0v) is 12.1. The lowest BCUT2D eigenvalue weighted by Crippen LogP contribution is -2.23. The Hall–Kier alpha value is -2.05. The van der Waals surface area contributed by atoms with Crippen LogP contribution >= 0.6 is 22.7 Å². The molecule has 0 aromatic carbocycles. The van der Waals surface area contributed by atoms with Gasteiger partial charge in [0.15, 0.2) is 0 Å². The first-order chi connectivity index (χ1) is 9.84. The lowest BCUT2D eigenvalue weighted by Gasteiger charge is -2.07. The molecule has 0 atom stereocenters. The zero-order valence-electron chi connectivity index (χ0n) is 10.4. The van der Waals surface area contributed by atoms with Crippen LogP contribution in [0.4, 0.5) is 0 Å². The van der Waals surface area contributed by atoms with Gasteiger partial charge in [0.05, 0.1) is 17.1 Å². The molecule has 1 amide bonds. The number of carbonyl (C=O) groups is 1. The highest BCUT2D eigenvalue weighted by atomic mass is 32.1. The van der Waals surface area contributed by atoms with Crippen LogP contribution in [-0.2, 0) is 6.54 Å². The standard InChI is InChI=1S/C14H11N3OS2/c18-14(10-3-7-19-9-10)17-8-11-13(16-5-4-15-11)12-2-1-6-20-12/h1-7,9H,8H2,(H,17,18). The third-order valence-corrected chi connectivity index (χ3v) is 4.29. The van der Waals surface area contributed by atoms with Gasteiger partial charge in [-0.05, 0) is 22.9 Å². The van der Waals surface area contributed by atoms with Crippen molar-refractivity contribution in [1.82, 2.24) is 15.3 Å². The first-order valence-corrected chi connectivity index (χ1v) is 7.81. The summed E-state index contributed by atoms with van der Waals surface area (Å²) in [4.78, 5) is 21.7. The van der Waals surface area contributed by atoms with E-state index in [0.717, 1.165) is 16.3 Å². The van der Waals surface area contributed by atoms with Crippen molar-refractivity contribution in [3.05, 3.63) is 58.0 Å². The van der Waals surface area contributed by atoms with E-state index in [1.54, 1.807) is 29.8 Å². The van der Waals surface area contributed by atoms with Crippen LogP contribution in [0.15, 0.2) is 46.7 Å². The van der Waals surface area contributed by atoms with Crippen LogP contribution in [0.25, 0.3) is 10.6 Å². The van der Waals surface area contributed by atoms with Gasteiger partial charge in [0.1, 0.15) is 5.69 Å². The summed E-state index contributed by atoms with van der Waals surface area (Å²) in [7, 11) is 0. The summed E-state index contributed by atoms with van der Waals surface area (Å²) >= 11 is 3.11. The number of carbonyl (C=O) groups excluding carboxylic acids is 1. The summed E-state index contributed by atoms with van der Waals surface area (Å²) in [6, 6.07) is 5.78. The van der Waals surface area contributed by atoms with E-state index < -0.39 is 0 Å². The highest BCUT2D eigenvalue weighted by Gasteiger charge is 2.11. The predicted molar refractivity (Wildman–Crippen MR) is 80.8 cm³/mol. The van der Waals surface area contributed by atoms with Gasteiger partial charge >= 0.3 is 0 Å². The van der Waals surface area contributed by atoms with E-state index in [4.69, 9.17) is 0 Å². The summed E-state index contributed by atoms with van der Waals surface area (Å²) < 4.78 is 0. The van der Waals surface area contributed by atoms with Gasteiger partial charge in [-0.15, -0.1) is 11.3 Å². The Labute approximate surface area is 124 Å². The van der Waals surface area contributed by atoms with Crippen molar-refractivity contribution in [1.29, 1.82) is 0 Å². The average Bonchev–Trinajstić information content (AvgIpc) is 3.17. The topological polar surface area (TPSA) is 54.9 Å². The summed E-state index contributed by atoms with van der Waals surface area (Å²) in [6.45, 7) is 0.371. The van der Waals surface area contributed by atoms with Crippen molar-refractivity contribution >= 4 is 28.6 Å². The molecule has 3 heterocycles. The lowest BCUT2D eigenvalue weighted by molar-refractivity contribution is 0.0951. The van der Waals surface area contributed by atoms with Crippen LogP contribution in [0.2, 0.25) is 0 Å². The number of nitrogens with zero attached hydrogens (tertiary/aromatic N) is 2. The molecule has 3 aromatic heterocycles. The van der Waals surface area contributed by atoms with Crippen LogP contribution in [0, 0.1) is 0 Å². The molecule has 0 spiro atoms. The van der Waals surface area contributed by atoms with Crippen LogP contribution in [0.5, 0.6) is 0 Å². The van der Waals surface area contributed by atoms with Crippen LogP contribution in [-0.4, -0.2) is 15.9 Å². The normalized spacial score (nSPS) is 10.4. The molecule has 0 bridgehead atoms. The maximum Gasteiger partial charge on any atom is 0.252 e. The molecule has 3 aromatic rings. The number of rotatable bonds is 4. The fourth-order valence-corrected chi connectivity index (χ4v) is 3.15. The van der Waals surface area contributed by atoms with Crippen LogP contribution in [0.1, 0.15) is 16.1 Å². The maximum absolute atomic E-state index is 11.9. The molecular formula is C14H11N3OS2. The number of aromatic nitrogens is 2. The average molecular weight is 301 g/mol. The first kappa shape index (κ1) is 13.0. The zero-order chi connectivity index (χ0) is 13.8. The number of nitrogens with one attached hydrogen (secondary N) is 1. The van der Waals surface area contributed by atoms with E-state index in [1.807, 2.05) is 28.3 Å². The Bertz CT molecular complexity index is 693. The predicted octanol–water partition coefficient (Wildman–Crippen LogP) is 3.20. The number of hydrogen-bond acceptors (Lipinski definition) is 5. The summed E-state index contributed by atoms with van der Waals surface area (Å²) in [5, 5.41) is 8.58. The van der Waals surface area contributed by atoms with E-state index in [0.29, 0.717) is 12.1 Å². The molecule has 6 heteroatoms. The van der Waals surface area contributed by atoms with Crippen molar-refractivity contribution in [3.63, 3.8) is 0 Å². The molecule has 100 valence electrons. The Morgan fingerprint density at radius 1 is 1.20 bits per heavy atom. The molecule has 0 radical (unpaired) electrons. The van der Waals surface area contributed by atoms with E-state index in [9.17, 15) is 4.79 Å². The molecule has 0 aliphatic rings.